The molecule has 0 aromatic heterocycles. The van der Waals surface area contributed by atoms with Gasteiger partial charge in [-0.3, -0.25) is 14.9 Å². The van der Waals surface area contributed by atoms with Gasteiger partial charge in [0.05, 0.1) is 18.0 Å². The van der Waals surface area contributed by atoms with Crippen molar-refractivity contribution >= 4 is 17.3 Å². The topological polar surface area (TPSA) is 84.7 Å². The molecule has 1 amide bonds. The Morgan fingerprint density at radius 3 is 2.81 bits per heavy atom. The molecule has 1 aliphatic heterocycles. The van der Waals surface area contributed by atoms with E-state index in [2.05, 4.69) is 5.32 Å². The molecule has 2 aromatic carbocycles. The zero-order valence-electron chi connectivity index (χ0n) is 14.6. The van der Waals surface area contributed by atoms with Crippen molar-refractivity contribution in [3.8, 4) is 5.75 Å². The Hall–Kier alpha value is -3.09. The number of nitrogens with zero attached hydrogens (tertiary/aromatic N) is 2. The molecule has 0 fully saturated rings. The Kier molecular flexibility index (Phi) is 5.36. The largest absolute Gasteiger partial charge is 0.492 e. The van der Waals surface area contributed by atoms with Gasteiger partial charge in [0, 0.05) is 23.9 Å². The minimum Gasteiger partial charge on any atom is -0.492 e. The fraction of sp³-hybridized carbons (Fsp3) is 0.316. The fourth-order valence-corrected chi connectivity index (χ4v) is 3.12. The lowest BCUT2D eigenvalue weighted by Crippen LogP contribution is -2.41. The van der Waals surface area contributed by atoms with Gasteiger partial charge in [-0.1, -0.05) is 18.2 Å². The summed E-state index contributed by atoms with van der Waals surface area (Å²) in [5.74, 6) is 0.671. The van der Waals surface area contributed by atoms with Gasteiger partial charge in [0.1, 0.15) is 12.4 Å². The number of hydrogen-bond acceptors (Lipinski definition) is 5. The second kappa shape index (κ2) is 7.86. The highest BCUT2D eigenvalue weighted by molar-refractivity contribution is 5.82. The molecule has 1 atom stereocenters. The van der Waals surface area contributed by atoms with Gasteiger partial charge in [-0.25, -0.2) is 0 Å². The molecular weight excluding hydrogens is 334 g/mol. The molecule has 3 rings (SSSR count). The number of nitro groups is 1. The molecule has 7 nitrogen and oxygen atoms in total. The first-order valence-electron chi connectivity index (χ1n) is 8.53. The SMILES string of the molecule is CC1Cc2cc([N+](=O)[O-])ccc2N1CC(=O)NCCOc1ccccc1. The van der Waals surface area contributed by atoms with Crippen molar-refractivity contribution in [2.24, 2.45) is 0 Å². The minimum absolute atomic E-state index is 0.0836. The third-order valence-electron chi connectivity index (χ3n) is 4.38. The number of amides is 1. The number of carbonyl (C=O) groups excluding carboxylic acids is 1. The van der Waals surface area contributed by atoms with Crippen LogP contribution in [0.4, 0.5) is 11.4 Å². The van der Waals surface area contributed by atoms with Gasteiger partial charge in [-0.05, 0) is 37.1 Å². The Morgan fingerprint density at radius 1 is 1.31 bits per heavy atom. The Morgan fingerprint density at radius 2 is 2.08 bits per heavy atom. The summed E-state index contributed by atoms with van der Waals surface area (Å²) in [7, 11) is 0. The number of non-ortho nitro benzene ring substituents is 1. The number of rotatable bonds is 7. The molecule has 0 saturated heterocycles. The van der Waals surface area contributed by atoms with E-state index in [4.69, 9.17) is 4.74 Å². The van der Waals surface area contributed by atoms with Crippen molar-refractivity contribution in [2.45, 2.75) is 19.4 Å². The minimum atomic E-state index is -0.396. The average Bonchev–Trinajstić information content (AvgIpc) is 2.94. The zero-order chi connectivity index (χ0) is 18.5. The van der Waals surface area contributed by atoms with Gasteiger partial charge >= 0.3 is 0 Å². The maximum absolute atomic E-state index is 12.2. The first-order valence-corrected chi connectivity index (χ1v) is 8.53. The predicted octanol–water partition coefficient (Wildman–Crippen LogP) is 2.54. The summed E-state index contributed by atoms with van der Waals surface area (Å²) in [4.78, 5) is 24.7. The van der Waals surface area contributed by atoms with Crippen molar-refractivity contribution < 1.29 is 14.5 Å². The van der Waals surface area contributed by atoms with E-state index in [0.29, 0.717) is 19.6 Å². The molecule has 0 bridgehead atoms. The van der Waals surface area contributed by atoms with Crippen molar-refractivity contribution in [3.05, 3.63) is 64.2 Å². The van der Waals surface area contributed by atoms with Crippen LogP contribution in [0.5, 0.6) is 5.75 Å². The number of ether oxygens (including phenoxy) is 1. The lowest BCUT2D eigenvalue weighted by atomic mass is 10.1. The van der Waals surface area contributed by atoms with E-state index in [1.165, 1.54) is 6.07 Å². The van der Waals surface area contributed by atoms with Crippen LogP contribution in [0.2, 0.25) is 0 Å². The molecule has 1 heterocycles. The van der Waals surface area contributed by atoms with Crippen molar-refractivity contribution in [2.75, 3.05) is 24.6 Å². The van der Waals surface area contributed by atoms with Crippen LogP contribution >= 0.6 is 0 Å². The molecule has 0 radical (unpaired) electrons. The lowest BCUT2D eigenvalue weighted by molar-refractivity contribution is -0.384. The molecule has 0 spiro atoms. The number of para-hydroxylation sites is 1. The summed E-state index contributed by atoms with van der Waals surface area (Å²) in [6.45, 7) is 3.05. The van der Waals surface area contributed by atoms with Crippen molar-refractivity contribution in [1.29, 1.82) is 0 Å². The Bertz CT molecular complexity index is 795. The van der Waals surface area contributed by atoms with Crippen LogP contribution in [0.3, 0.4) is 0 Å². The van der Waals surface area contributed by atoms with Crippen molar-refractivity contribution in [3.63, 3.8) is 0 Å². The average molecular weight is 355 g/mol. The molecular formula is C19H21N3O4. The smallest absolute Gasteiger partial charge is 0.269 e. The van der Waals surface area contributed by atoms with Crippen LogP contribution < -0.4 is 15.0 Å². The summed E-state index contributed by atoms with van der Waals surface area (Å²) in [5, 5.41) is 13.8. The van der Waals surface area contributed by atoms with Gasteiger partial charge in [0.25, 0.3) is 5.69 Å². The summed E-state index contributed by atoms with van der Waals surface area (Å²) in [6, 6.07) is 14.4. The molecule has 1 aliphatic rings. The number of fused-ring (bicyclic) bond motifs is 1. The molecule has 0 aliphatic carbocycles. The lowest BCUT2D eigenvalue weighted by Gasteiger charge is -2.24. The number of carbonyl (C=O) groups is 1. The van der Waals surface area contributed by atoms with E-state index in [-0.39, 0.29) is 24.2 Å². The van der Waals surface area contributed by atoms with Crippen LogP contribution in [-0.2, 0) is 11.2 Å². The van der Waals surface area contributed by atoms with E-state index in [9.17, 15) is 14.9 Å². The van der Waals surface area contributed by atoms with E-state index in [1.54, 1.807) is 12.1 Å². The molecule has 1 unspecified atom stereocenters. The highest BCUT2D eigenvalue weighted by Gasteiger charge is 2.28. The summed E-state index contributed by atoms with van der Waals surface area (Å²) >= 11 is 0. The monoisotopic (exact) mass is 355 g/mol. The van der Waals surface area contributed by atoms with Crippen LogP contribution in [-0.4, -0.2) is 36.6 Å². The van der Waals surface area contributed by atoms with Gasteiger partial charge in [0.2, 0.25) is 5.91 Å². The Labute approximate surface area is 151 Å². The van der Waals surface area contributed by atoms with E-state index < -0.39 is 4.92 Å². The van der Waals surface area contributed by atoms with Crippen LogP contribution in [0.25, 0.3) is 0 Å². The first kappa shape index (κ1) is 17.7. The van der Waals surface area contributed by atoms with E-state index >= 15 is 0 Å². The molecule has 0 saturated carbocycles. The number of nitro benzene ring substituents is 1. The maximum Gasteiger partial charge on any atom is 0.269 e. The third-order valence-corrected chi connectivity index (χ3v) is 4.38. The predicted molar refractivity (Wildman–Crippen MR) is 98.6 cm³/mol. The van der Waals surface area contributed by atoms with Crippen LogP contribution in [0, 0.1) is 10.1 Å². The zero-order valence-corrected chi connectivity index (χ0v) is 14.6. The maximum atomic E-state index is 12.2. The van der Waals surface area contributed by atoms with E-state index in [0.717, 1.165) is 17.0 Å². The number of anilines is 1. The number of benzene rings is 2. The number of hydrogen-bond donors (Lipinski definition) is 1. The molecule has 26 heavy (non-hydrogen) atoms. The normalized spacial score (nSPS) is 15.4. The highest BCUT2D eigenvalue weighted by Crippen LogP contribution is 2.34. The second-order valence-electron chi connectivity index (χ2n) is 6.26. The third kappa shape index (κ3) is 4.11. The summed E-state index contributed by atoms with van der Waals surface area (Å²) < 4.78 is 5.55. The number of nitrogens with one attached hydrogen (secondary N) is 1. The quantitative estimate of drug-likeness (QED) is 0.469. The fourth-order valence-electron chi connectivity index (χ4n) is 3.12. The van der Waals surface area contributed by atoms with E-state index in [1.807, 2.05) is 42.2 Å². The summed E-state index contributed by atoms with van der Waals surface area (Å²) in [6.07, 6.45) is 0.696. The summed E-state index contributed by atoms with van der Waals surface area (Å²) in [5.41, 5.74) is 1.88. The molecule has 136 valence electrons. The van der Waals surface area contributed by atoms with Gasteiger partial charge in [-0.2, -0.15) is 0 Å². The van der Waals surface area contributed by atoms with Crippen LogP contribution in [0.15, 0.2) is 48.5 Å². The Balaban J connectivity index is 1.51. The van der Waals surface area contributed by atoms with Crippen LogP contribution in [0.1, 0.15) is 12.5 Å². The van der Waals surface area contributed by atoms with Gasteiger partial charge < -0.3 is 15.0 Å². The van der Waals surface area contributed by atoms with Gasteiger partial charge in [-0.15, -0.1) is 0 Å². The molecule has 1 N–H and O–H groups in total. The highest BCUT2D eigenvalue weighted by atomic mass is 16.6. The van der Waals surface area contributed by atoms with Crippen molar-refractivity contribution in [1.82, 2.24) is 5.32 Å². The molecule has 7 heteroatoms. The second-order valence-corrected chi connectivity index (χ2v) is 6.26. The standard InChI is InChI=1S/C19H21N3O4/c1-14-11-15-12-16(22(24)25)7-8-18(15)21(14)13-19(23)20-9-10-26-17-5-3-2-4-6-17/h2-8,12,14H,9-11,13H2,1H3,(H,20,23). The molecule has 2 aromatic rings. The first-order chi connectivity index (χ1) is 12.5. The van der Waals surface area contributed by atoms with Gasteiger partial charge in [0.15, 0.2) is 0 Å².